The number of piperidine rings is 1. The molecule has 1 N–H and O–H groups in total. The summed E-state index contributed by atoms with van der Waals surface area (Å²) < 4.78 is 27.0. The van der Waals surface area contributed by atoms with Gasteiger partial charge in [0.25, 0.3) is 0 Å². The number of nitrogens with zero attached hydrogens (tertiary/aromatic N) is 1. The molecule has 1 unspecified atom stereocenters. The second-order valence-electron chi connectivity index (χ2n) is 7.75. The van der Waals surface area contributed by atoms with Crippen LogP contribution in [-0.4, -0.2) is 37.5 Å². The summed E-state index contributed by atoms with van der Waals surface area (Å²) in [7, 11) is -3.34. The van der Waals surface area contributed by atoms with Crippen LogP contribution >= 0.6 is 0 Å². The van der Waals surface area contributed by atoms with Crippen LogP contribution in [0.25, 0.3) is 0 Å². The van der Waals surface area contributed by atoms with Gasteiger partial charge in [-0.05, 0) is 49.3 Å². The molecule has 29 heavy (non-hydrogen) atoms. The van der Waals surface area contributed by atoms with E-state index in [9.17, 15) is 13.2 Å². The van der Waals surface area contributed by atoms with Gasteiger partial charge in [-0.15, -0.1) is 0 Å². The first kappa shape index (κ1) is 21.5. The van der Waals surface area contributed by atoms with Gasteiger partial charge in [0.1, 0.15) is 0 Å². The molecule has 0 bridgehead atoms. The third-order valence-electron chi connectivity index (χ3n) is 5.57. The Morgan fingerprint density at radius 2 is 1.83 bits per heavy atom. The Kier molecular flexibility index (Phi) is 7.45. The van der Waals surface area contributed by atoms with Crippen LogP contribution in [0.15, 0.2) is 54.6 Å². The number of carbonyl (C=O) groups excluding carboxylic acids is 1. The Balaban J connectivity index is 1.50. The van der Waals surface area contributed by atoms with Crippen molar-refractivity contribution in [3.05, 3.63) is 71.3 Å². The maximum Gasteiger partial charge on any atom is 0.224 e. The molecule has 0 aromatic heterocycles. The molecule has 1 atom stereocenters. The monoisotopic (exact) mass is 414 g/mol. The zero-order chi connectivity index (χ0) is 20.7. The fraction of sp³-hybridized carbons (Fsp3) is 0.435. The Bertz CT molecular complexity index is 913. The van der Waals surface area contributed by atoms with Gasteiger partial charge in [0.05, 0.1) is 11.7 Å². The molecule has 0 aliphatic carbocycles. The molecular formula is C23H30N2O3S. The number of rotatable bonds is 8. The van der Waals surface area contributed by atoms with Crippen LogP contribution in [0.3, 0.4) is 0 Å². The van der Waals surface area contributed by atoms with E-state index in [2.05, 4.69) is 5.32 Å². The zero-order valence-electron chi connectivity index (χ0n) is 17.0. The normalized spacial score (nSPS) is 17.8. The average Bonchev–Trinajstić information content (AvgIpc) is 2.74. The molecule has 2 aromatic rings. The average molecular weight is 415 g/mol. The third kappa shape index (κ3) is 6.15. The van der Waals surface area contributed by atoms with E-state index in [1.165, 1.54) is 4.31 Å². The summed E-state index contributed by atoms with van der Waals surface area (Å²) in [5, 5.41) is 2.99. The maximum atomic E-state index is 12.8. The smallest absolute Gasteiger partial charge is 0.224 e. The van der Waals surface area contributed by atoms with Crippen LogP contribution in [-0.2, 0) is 27.8 Å². The van der Waals surface area contributed by atoms with E-state index < -0.39 is 10.0 Å². The highest BCUT2D eigenvalue weighted by molar-refractivity contribution is 7.89. The Hall–Kier alpha value is -2.18. The fourth-order valence-corrected chi connectivity index (χ4v) is 5.36. The molecule has 1 fully saturated rings. The topological polar surface area (TPSA) is 66.5 Å². The van der Waals surface area contributed by atoms with Crippen molar-refractivity contribution < 1.29 is 13.2 Å². The highest BCUT2D eigenvalue weighted by Gasteiger charge is 2.31. The SMILES string of the molecule is Cc1ccccc1CNC(=O)C1CCCN(S(=O)(=O)CCCc2ccccc2)C1. The summed E-state index contributed by atoms with van der Waals surface area (Å²) in [6.07, 6.45) is 2.79. The highest BCUT2D eigenvalue weighted by Crippen LogP contribution is 2.21. The molecule has 1 aliphatic heterocycles. The summed E-state index contributed by atoms with van der Waals surface area (Å²) in [6, 6.07) is 17.9. The molecule has 1 amide bonds. The minimum absolute atomic E-state index is 0.0579. The van der Waals surface area contributed by atoms with Gasteiger partial charge in [0.15, 0.2) is 0 Å². The summed E-state index contributed by atoms with van der Waals surface area (Å²) >= 11 is 0. The van der Waals surface area contributed by atoms with E-state index in [0.29, 0.717) is 19.5 Å². The van der Waals surface area contributed by atoms with Crippen molar-refractivity contribution in [3.8, 4) is 0 Å². The zero-order valence-corrected chi connectivity index (χ0v) is 17.8. The van der Waals surface area contributed by atoms with Crippen molar-refractivity contribution in [2.24, 2.45) is 5.92 Å². The number of hydrogen-bond donors (Lipinski definition) is 1. The van der Waals surface area contributed by atoms with E-state index in [4.69, 9.17) is 0 Å². The van der Waals surface area contributed by atoms with Gasteiger partial charge in [-0.25, -0.2) is 12.7 Å². The van der Waals surface area contributed by atoms with E-state index in [1.807, 2.05) is 61.5 Å². The molecule has 6 heteroatoms. The predicted octanol–water partition coefficient (Wildman–Crippen LogP) is 3.29. The molecule has 1 heterocycles. The molecule has 1 aliphatic rings. The second-order valence-corrected chi connectivity index (χ2v) is 9.84. The van der Waals surface area contributed by atoms with Crippen LogP contribution in [0.4, 0.5) is 0 Å². The standard InChI is InChI=1S/C23H30N2O3S/c1-19-9-5-6-13-21(19)17-24-23(26)22-14-7-15-25(18-22)29(27,28)16-8-12-20-10-3-2-4-11-20/h2-6,9-11,13,22H,7-8,12,14-18H2,1H3,(H,24,26). The number of benzene rings is 2. The Morgan fingerprint density at radius 1 is 1.10 bits per heavy atom. The first-order valence-corrected chi connectivity index (χ1v) is 11.9. The van der Waals surface area contributed by atoms with Crippen LogP contribution in [0.1, 0.15) is 36.0 Å². The van der Waals surface area contributed by atoms with Gasteiger partial charge < -0.3 is 5.32 Å². The van der Waals surface area contributed by atoms with E-state index in [1.54, 1.807) is 0 Å². The number of aryl methyl sites for hydroxylation is 2. The lowest BCUT2D eigenvalue weighted by Gasteiger charge is -2.31. The molecule has 3 rings (SSSR count). The van der Waals surface area contributed by atoms with Crippen molar-refractivity contribution in [3.63, 3.8) is 0 Å². The molecular weight excluding hydrogens is 384 g/mol. The number of hydrogen-bond acceptors (Lipinski definition) is 3. The summed E-state index contributed by atoms with van der Waals surface area (Å²) in [6.45, 7) is 3.29. The molecule has 156 valence electrons. The molecule has 0 saturated carbocycles. The van der Waals surface area contributed by atoms with Crippen molar-refractivity contribution >= 4 is 15.9 Å². The van der Waals surface area contributed by atoms with Crippen molar-refractivity contribution in [1.29, 1.82) is 0 Å². The predicted molar refractivity (Wildman–Crippen MR) is 116 cm³/mol. The van der Waals surface area contributed by atoms with Gasteiger partial charge >= 0.3 is 0 Å². The fourth-order valence-electron chi connectivity index (χ4n) is 3.78. The quantitative estimate of drug-likeness (QED) is 0.721. The first-order valence-electron chi connectivity index (χ1n) is 10.3. The molecule has 1 saturated heterocycles. The van der Waals surface area contributed by atoms with Crippen molar-refractivity contribution in [2.75, 3.05) is 18.8 Å². The molecule has 5 nitrogen and oxygen atoms in total. The van der Waals surface area contributed by atoms with E-state index in [-0.39, 0.29) is 24.1 Å². The summed E-state index contributed by atoms with van der Waals surface area (Å²) in [5.41, 5.74) is 3.37. The number of carbonyl (C=O) groups is 1. The first-order chi connectivity index (χ1) is 14.0. The number of amides is 1. The summed E-state index contributed by atoms with van der Waals surface area (Å²) in [5.74, 6) is -0.214. The Morgan fingerprint density at radius 3 is 2.59 bits per heavy atom. The van der Waals surface area contributed by atoms with E-state index >= 15 is 0 Å². The lowest BCUT2D eigenvalue weighted by atomic mass is 9.98. The van der Waals surface area contributed by atoms with Gasteiger partial charge in [0, 0.05) is 19.6 Å². The number of nitrogens with one attached hydrogen (secondary N) is 1. The largest absolute Gasteiger partial charge is 0.352 e. The van der Waals surface area contributed by atoms with Crippen molar-refractivity contribution in [2.45, 2.75) is 39.2 Å². The molecule has 2 aromatic carbocycles. The molecule has 0 spiro atoms. The minimum Gasteiger partial charge on any atom is -0.352 e. The van der Waals surface area contributed by atoms with Crippen molar-refractivity contribution in [1.82, 2.24) is 9.62 Å². The van der Waals surface area contributed by atoms with Crippen LogP contribution in [0.2, 0.25) is 0 Å². The lowest BCUT2D eigenvalue weighted by molar-refractivity contribution is -0.126. The van der Waals surface area contributed by atoms with E-state index in [0.717, 1.165) is 36.0 Å². The lowest BCUT2D eigenvalue weighted by Crippen LogP contribution is -2.46. The Labute approximate surface area is 174 Å². The van der Waals surface area contributed by atoms with Gasteiger partial charge in [-0.2, -0.15) is 0 Å². The van der Waals surface area contributed by atoms with Crippen LogP contribution in [0.5, 0.6) is 0 Å². The maximum absolute atomic E-state index is 12.8. The van der Waals surface area contributed by atoms with Gasteiger partial charge in [-0.3, -0.25) is 4.79 Å². The van der Waals surface area contributed by atoms with Crippen LogP contribution in [0, 0.1) is 12.8 Å². The van der Waals surface area contributed by atoms with Gasteiger partial charge in [-0.1, -0.05) is 54.6 Å². The third-order valence-corrected chi connectivity index (χ3v) is 7.50. The highest BCUT2D eigenvalue weighted by atomic mass is 32.2. The van der Waals surface area contributed by atoms with Crippen LogP contribution < -0.4 is 5.32 Å². The number of sulfonamides is 1. The second kappa shape index (κ2) is 10.0. The van der Waals surface area contributed by atoms with Gasteiger partial charge in [0.2, 0.25) is 15.9 Å². The minimum atomic E-state index is -3.34. The summed E-state index contributed by atoms with van der Waals surface area (Å²) in [4.78, 5) is 12.6. The molecule has 0 radical (unpaired) electrons.